The highest BCUT2D eigenvalue weighted by molar-refractivity contribution is 5.86. The summed E-state index contributed by atoms with van der Waals surface area (Å²) in [5.74, 6) is -1.02. The Bertz CT molecular complexity index is 1040. The van der Waals surface area contributed by atoms with E-state index < -0.39 is 29.9 Å². The predicted octanol–water partition coefficient (Wildman–Crippen LogP) is 4.65. The topological polar surface area (TPSA) is 143 Å². The van der Waals surface area contributed by atoms with Gasteiger partial charge < -0.3 is 25.3 Å². The summed E-state index contributed by atoms with van der Waals surface area (Å²) in [6, 6.07) is -0.571. The zero-order valence-electron chi connectivity index (χ0n) is 32.0. The molecule has 4 amide bonds. The number of nitrogens with zero attached hydrogens (tertiary/aromatic N) is 3. The van der Waals surface area contributed by atoms with Crippen molar-refractivity contribution in [3.8, 4) is 0 Å². The van der Waals surface area contributed by atoms with Gasteiger partial charge in [0.2, 0.25) is 23.6 Å². The van der Waals surface area contributed by atoms with E-state index in [1.54, 1.807) is 19.0 Å². The van der Waals surface area contributed by atoms with Crippen LogP contribution in [0.5, 0.6) is 0 Å². The van der Waals surface area contributed by atoms with Crippen LogP contribution in [0.1, 0.15) is 136 Å². The van der Waals surface area contributed by atoms with Gasteiger partial charge in [0.05, 0.1) is 18.2 Å². The Morgan fingerprint density at radius 3 is 1.92 bits per heavy atom. The van der Waals surface area contributed by atoms with Gasteiger partial charge in [0, 0.05) is 64.4 Å². The lowest BCUT2D eigenvalue weighted by atomic mass is 9.73. The second-order valence-corrected chi connectivity index (χ2v) is 16.0. The SMILES string of the molecule is CCCCN(CC(O)C(CC1CCC(O)CC1)NC(=O)C1CC(C(=O)N(C)C)CC(C(=O)N(CCC)CCC)C1)NC(=O)CC1CCCCC1. The summed E-state index contributed by atoms with van der Waals surface area (Å²) in [7, 11) is 3.43. The van der Waals surface area contributed by atoms with Gasteiger partial charge in [-0.15, -0.1) is 0 Å². The first kappa shape index (κ1) is 42.2. The first-order valence-corrected chi connectivity index (χ1v) is 20.2. The van der Waals surface area contributed by atoms with Crippen LogP contribution in [-0.2, 0) is 19.2 Å². The largest absolute Gasteiger partial charge is 0.393 e. The minimum Gasteiger partial charge on any atom is -0.393 e. The Morgan fingerprint density at radius 2 is 1.34 bits per heavy atom. The Morgan fingerprint density at radius 1 is 0.740 bits per heavy atom. The summed E-state index contributed by atoms with van der Waals surface area (Å²) in [5, 5.41) is 27.0. The minimum absolute atomic E-state index is 0.0169. The third-order valence-corrected chi connectivity index (χ3v) is 11.4. The summed E-state index contributed by atoms with van der Waals surface area (Å²) in [4.78, 5) is 57.8. The lowest BCUT2D eigenvalue weighted by molar-refractivity contribution is -0.143. The smallest absolute Gasteiger partial charge is 0.234 e. The molecule has 3 aliphatic rings. The Kier molecular flexibility index (Phi) is 18.5. The number of hydrogen-bond donors (Lipinski definition) is 4. The van der Waals surface area contributed by atoms with Gasteiger partial charge in [-0.25, -0.2) is 5.01 Å². The molecular weight excluding hydrogens is 634 g/mol. The molecule has 3 fully saturated rings. The monoisotopic (exact) mass is 706 g/mol. The molecule has 0 aromatic carbocycles. The van der Waals surface area contributed by atoms with Crippen LogP contribution in [-0.4, -0.2) is 107 Å². The molecule has 0 aromatic rings. The molecule has 5 unspecified atom stereocenters. The van der Waals surface area contributed by atoms with Gasteiger partial charge in [0.25, 0.3) is 0 Å². The van der Waals surface area contributed by atoms with Crippen molar-refractivity contribution in [3.63, 3.8) is 0 Å². The van der Waals surface area contributed by atoms with Crippen molar-refractivity contribution in [1.29, 1.82) is 0 Å². The number of rotatable bonds is 19. The third-order valence-electron chi connectivity index (χ3n) is 11.4. The summed E-state index contributed by atoms with van der Waals surface area (Å²) in [6.45, 7) is 8.30. The quantitative estimate of drug-likeness (QED) is 0.144. The molecule has 5 atom stereocenters. The van der Waals surface area contributed by atoms with E-state index in [2.05, 4.69) is 31.5 Å². The van der Waals surface area contributed by atoms with Crippen LogP contribution in [0, 0.1) is 29.6 Å². The van der Waals surface area contributed by atoms with Crippen LogP contribution >= 0.6 is 0 Å². The number of carbonyl (C=O) groups is 4. The molecule has 0 aromatic heterocycles. The molecule has 0 saturated heterocycles. The molecule has 0 heterocycles. The second kappa shape index (κ2) is 22.0. The number of carbonyl (C=O) groups excluding carboxylic acids is 4. The van der Waals surface area contributed by atoms with E-state index in [1.807, 2.05) is 9.91 Å². The molecule has 0 spiro atoms. The van der Waals surface area contributed by atoms with E-state index in [-0.39, 0.29) is 42.2 Å². The number of hydrogen-bond acceptors (Lipinski definition) is 7. The van der Waals surface area contributed by atoms with E-state index in [4.69, 9.17) is 0 Å². The fourth-order valence-corrected chi connectivity index (χ4v) is 8.55. The standard InChI is InChI=1S/C39H71N5O6/c1-6-9-21-44(41-36(47)23-28-13-11-10-12-14-28)27-35(46)34(22-29-15-17-33(45)18-16-29)40-37(48)30-24-31(38(49)42(4)5)26-32(25-30)39(50)43(19-7-2)20-8-3/h28-35,45-46H,6-27H2,1-5H3,(H,40,48)(H,41,47). The summed E-state index contributed by atoms with van der Waals surface area (Å²) < 4.78 is 0. The minimum atomic E-state index is -0.942. The fraction of sp³-hybridized carbons (Fsp3) is 0.897. The van der Waals surface area contributed by atoms with Gasteiger partial charge in [0.1, 0.15) is 0 Å². The average Bonchev–Trinajstić information content (AvgIpc) is 3.10. The van der Waals surface area contributed by atoms with Gasteiger partial charge in [-0.3, -0.25) is 24.6 Å². The van der Waals surface area contributed by atoms with Crippen molar-refractivity contribution < 1.29 is 29.4 Å². The maximum absolute atomic E-state index is 14.2. The maximum atomic E-state index is 14.2. The van der Waals surface area contributed by atoms with Crippen LogP contribution in [0.25, 0.3) is 0 Å². The predicted molar refractivity (Wildman–Crippen MR) is 197 cm³/mol. The van der Waals surface area contributed by atoms with Crippen LogP contribution in [0.2, 0.25) is 0 Å². The Balaban J connectivity index is 1.78. The van der Waals surface area contributed by atoms with Crippen LogP contribution in [0.3, 0.4) is 0 Å². The molecule has 50 heavy (non-hydrogen) atoms. The van der Waals surface area contributed by atoms with Crippen molar-refractivity contribution in [2.75, 3.05) is 40.3 Å². The highest BCUT2D eigenvalue weighted by Gasteiger charge is 2.41. The zero-order chi connectivity index (χ0) is 36.6. The fourth-order valence-electron chi connectivity index (χ4n) is 8.55. The molecule has 288 valence electrons. The van der Waals surface area contributed by atoms with Gasteiger partial charge >= 0.3 is 0 Å². The third kappa shape index (κ3) is 13.7. The van der Waals surface area contributed by atoms with Crippen LogP contribution in [0.4, 0.5) is 0 Å². The van der Waals surface area contributed by atoms with Crippen molar-refractivity contribution >= 4 is 23.6 Å². The first-order valence-electron chi connectivity index (χ1n) is 20.2. The van der Waals surface area contributed by atoms with Crippen molar-refractivity contribution in [1.82, 2.24) is 25.6 Å². The normalized spacial score (nSPS) is 25.8. The maximum Gasteiger partial charge on any atom is 0.234 e. The van der Waals surface area contributed by atoms with E-state index in [0.29, 0.717) is 70.5 Å². The van der Waals surface area contributed by atoms with Crippen molar-refractivity contribution in [2.45, 2.75) is 155 Å². The number of nitrogens with one attached hydrogen (secondary N) is 2. The zero-order valence-corrected chi connectivity index (χ0v) is 32.0. The van der Waals surface area contributed by atoms with Crippen LogP contribution < -0.4 is 10.7 Å². The number of amides is 4. The molecule has 0 bridgehead atoms. The molecule has 3 saturated carbocycles. The van der Waals surface area contributed by atoms with Gasteiger partial charge in [-0.1, -0.05) is 46.5 Å². The highest BCUT2D eigenvalue weighted by Crippen LogP contribution is 2.36. The van der Waals surface area contributed by atoms with E-state index in [9.17, 15) is 29.4 Å². The second-order valence-electron chi connectivity index (χ2n) is 16.0. The Labute approximate surface area is 302 Å². The highest BCUT2D eigenvalue weighted by atomic mass is 16.3. The number of hydrazine groups is 1. The van der Waals surface area contributed by atoms with Crippen molar-refractivity contribution in [2.24, 2.45) is 29.6 Å². The van der Waals surface area contributed by atoms with Crippen molar-refractivity contribution in [3.05, 3.63) is 0 Å². The molecule has 11 heteroatoms. The lowest BCUT2D eigenvalue weighted by Crippen LogP contribution is -2.55. The summed E-state index contributed by atoms with van der Waals surface area (Å²) in [5.41, 5.74) is 3.09. The molecule has 4 N–H and O–H groups in total. The molecule has 3 aliphatic carbocycles. The summed E-state index contributed by atoms with van der Waals surface area (Å²) in [6.07, 6.45) is 13.3. The molecule has 3 rings (SSSR count). The van der Waals surface area contributed by atoms with Crippen LogP contribution in [0.15, 0.2) is 0 Å². The van der Waals surface area contributed by atoms with E-state index in [0.717, 1.165) is 51.4 Å². The average molecular weight is 706 g/mol. The molecular formula is C39H71N5O6. The van der Waals surface area contributed by atoms with Gasteiger partial charge in [-0.2, -0.15) is 0 Å². The Hall–Kier alpha value is -2.24. The summed E-state index contributed by atoms with van der Waals surface area (Å²) >= 11 is 0. The lowest BCUT2D eigenvalue weighted by Gasteiger charge is -2.38. The van der Waals surface area contributed by atoms with Gasteiger partial charge in [-0.05, 0) is 95.3 Å². The number of aliphatic hydroxyl groups is 2. The molecule has 0 aliphatic heterocycles. The van der Waals surface area contributed by atoms with Gasteiger partial charge in [0.15, 0.2) is 0 Å². The molecule has 0 radical (unpaired) electrons. The van der Waals surface area contributed by atoms with E-state index in [1.165, 1.54) is 19.3 Å². The number of unbranched alkanes of at least 4 members (excludes halogenated alkanes) is 1. The number of aliphatic hydroxyl groups excluding tert-OH is 2. The molecule has 11 nitrogen and oxygen atoms in total. The van der Waals surface area contributed by atoms with E-state index >= 15 is 0 Å². The first-order chi connectivity index (χ1) is 23.9.